The molecule has 3 aromatic rings. The summed E-state index contributed by atoms with van der Waals surface area (Å²) in [5.74, 6) is 1.07. The van der Waals surface area contributed by atoms with Gasteiger partial charge in [-0.05, 0) is 19.4 Å². The van der Waals surface area contributed by atoms with Crippen LogP contribution in [0.4, 0.5) is 0 Å². The number of rotatable bonds is 3. The zero-order valence-electron chi connectivity index (χ0n) is 11.5. The van der Waals surface area contributed by atoms with Crippen LogP contribution in [0.3, 0.4) is 0 Å². The first-order chi connectivity index (χ1) is 9.60. The van der Waals surface area contributed by atoms with Gasteiger partial charge in [0.15, 0.2) is 5.82 Å². The molecule has 20 heavy (non-hydrogen) atoms. The van der Waals surface area contributed by atoms with Crippen LogP contribution >= 0.6 is 11.3 Å². The van der Waals surface area contributed by atoms with E-state index in [4.69, 9.17) is 4.52 Å². The lowest BCUT2D eigenvalue weighted by atomic mass is 10.2. The van der Waals surface area contributed by atoms with Gasteiger partial charge in [-0.25, -0.2) is 4.98 Å². The fourth-order valence-electron chi connectivity index (χ4n) is 2.03. The number of fused-ring (bicyclic) bond motifs is 1. The van der Waals surface area contributed by atoms with E-state index in [9.17, 15) is 4.79 Å². The third kappa shape index (κ3) is 2.03. The molecule has 6 nitrogen and oxygen atoms in total. The molecule has 3 aromatic heterocycles. The van der Waals surface area contributed by atoms with Gasteiger partial charge in [0.1, 0.15) is 11.4 Å². The lowest BCUT2D eigenvalue weighted by Crippen LogP contribution is -2.21. The predicted molar refractivity (Wildman–Crippen MR) is 76.1 cm³/mol. The van der Waals surface area contributed by atoms with Crippen LogP contribution in [0.2, 0.25) is 0 Å². The van der Waals surface area contributed by atoms with E-state index in [1.165, 1.54) is 22.2 Å². The third-order valence-corrected chi connectivity index (χ3v) is 4.40. The van der Waals surface area contributed by atoms with Gasteiger partial charge in [-0.1, -0.05) is 12.1 Å². The second kappa shape index (κ2) is 4.82. The molecule has 0 bridgehead atoms. The topological polar surface area (TPSA) is 73.8 Å². The minimum absolute atomic E-state index is 0.0619. The van der Waals surface area contributed by atoms with E-state index in [0.29, 0.717) is 23.5 Å². The van der Waals surface area contributed by atoms with Gasteiger partial charge >= 0.3 is 0 Å². The SMILES string of the molecule is CCc1noc(Cn2cnc3sc(C)c(C)c3c2=O)n1. The summed E-state index contributed by atoms with van der Waals surface area (Å²) in [5.41, 5.74) is 0.935. The van der Waals surface area contributed by atoms with Crippen molar-refractivity contribution < 1.29 is 4.52 Å². The zero-order chi connectivity index (χ0) is 14.3. The molecule has 104 valence electrons. The number of thiophene rings is 1. The maximum absolute atomic E-state index is 12.5. The Morgan fingerprint density at radius 3 is 2.90 bits per heavy atom. The highest BCUT2D eigenvalue weighted by atomic mass is 32.1. The summed E-state index contributed by atoms with van der Waals surface area (Å²) >= 11 is 1.54. The molecule has 3 heterocycles. The fraction of sp³-hybridized carbons (Fsp3) is 0.385. The van der Waals surface area contributed by atoms with Crippen molar-refractivity contribution in [2.75, 3.05) is 0 Å². The molecule has 0 aromatic carbocycles. The van der Waals surface area contributed by atoms with Gasteiger partial charge in [-0.15, -0.1) is 11.3 Å². The molecule has 0 spiro atoms. The number of hydrogen-bond donors (Lipinski definition) is 0. The van der Waals surface area contributed by atoms with Crippen molar-refractivity contribution in [2.45, 2.75) is 33.7 Å². The Morgan fingerprint density at radius 1 is 1.40 bits per heavy atom. The lowest BCUT2D eigenvalue weighted by Gasteiger charge is -2.01. The van der Waals surface area contributed by atoms with E-state index in [1.807, 2.05) is 20.8 Å². The predicted octanol–water partition coefficient (Wildman–Crippen LogP) is 2.07. The van der Waals surface area contributed by atoms with Crippen molar-refractivity contribution in [3.05, 3.63) is 38.8 Å². The summed E-state index contributed by atoms with van der Waals surface area (Å²) in [6.07, 6.45) is 2.24. The van der Waals surface area contributed by atoms with E-state index < -0.39 is 0 Å². The van der Waals surface area contributed by atoms with Crippen LogP contribution in [0.15, 0.2) is 15.6 Å². The molecule has 3 rings (SSSR count). The minimum Gasteiger partial charge on any atom is -0.337 e. The van der Waals surface area contributed by atoms with Crippen LogP contribution in [-0.4, -0.2) is 19.7 Å². The lowest BCUT2D eigenvalue weighted by molar-refractivity contribution is 0.365. The molecule has 0 aliphatic heterocycles. The van der Waals surface area contributed by atoms with Crippen molar-refractivity contribution >= 4 is 21.6 Å². The molecule has 0 aliphatic rings. The first-order valence-corrected chi connectivity index (χ1v) is 7.18. The second-order valence-electron chi connectivity index (χ2n) is 4.60. The van der Waals surface area contributed by atoms with Crippen LogP contribution in [0, 0.1) is 13.8 Å². The summed E-state index contributed by atoms with van der Waals surface area (Å²) in [4.78, 5) is 22.9. The van der Waals surface area contributed by atoms with Crippen LogP contribution < -0.4 is 5.56 Å². The molecule has 0 atom stereocenters. The molecule has 0 amide bonds. The Hall–Kier alpha value is -2.02. The summed E-state index contributed by atoms with van der Waals surface area (Å²) in [7, 11) is 0. The average Bonchev–Trinajstić information content (AvgIpc) is 2.99. The van der Waals surface area contributed by atoms with Gasteiger partial charge in [0, 0.05) is 11.3 Å². The highest BCUT2D eigenvalue weighted by Crippen LogP contribution is 2.25. The van der Waals surface area contributed by atoms with Gasteiger partial charge in [0.2, 0.25) is 5.89 Å². The first-order valence-electron chi connectivity index (χ1n) is 6.36. The molecule has 0 unspecified atom stereocenters. The van der Waals surface area contributed by atoms with Gasteiger partial charge in [-0.2, -0.15) is 4.98 Å². The minimum atomic E-state index is -0.0619. The van der Waals surface area contributed by atoms with Gasteiger partial charge in [0.25, 0.3) is 5.56 Å². The van der Waals surface area contributed by atoms with E-state index >= 15 is 0 Å². The molecule has 7 heteroatoms. The Kier molecular flexibility index (Phi) is 3.13. The van der Waals surface area contributed by atoms with E-state index in [-0.39, 0.29) is 12.1 Å². The van der Waals surface area contributed by atoms with Crippen molar-refractivity contribution in [1.29, 1.82) is 0 Å². The quantitative estimate of drug-likeness (QED) is 0.738. The van der Waals surface area contributed by atoms with Crippen LogP contribution in [0.5, 0.6) is 0 Å². The number of hydrogen-bond acceptors (Lipinski definition) is 6. The molecule has 0 radical (unpaired) electrons. The Bertz CT molecular complexity index is 831. The summed E-state index contributed by atoms with van der Waals surface area (Å²) in [6, 6.07) is 0. The third-order valence-electron chi connectivity index (χ3n) is 3.29. The van der Waals surface area contributed by atoms with E-state index in [1.54, 1.807) is 0 Å². The van der Waals surface area contributed by atoms with Crippen LogP contribution in [0.25, 0.3) is 10.2 Å². The molecule has 0 saturated heterocycles. The van der Waals surface area contributed by atoms with Gasteiger partial charge in [-0.3, -0.25) is 9.36 Å². The van der Waals surface area contributed by atoms with Crippen molar-refractivity contribution in [3.8, 4) is 0 Å². The second-order valence-corrected chi connectivity index (χ2v) is 5.80. The largest absolute Gasteiger partial charge is 0.337 e. The van der Waals surface area contributed by atoms with E-state index in [2.05, 4.69) is 15.1 Å². The Morgan fingerprint density at radius 2 is 2.20 bits per heavy atom. The van der Waals surface area contributed by atoms with Crippen molar-refractivity contribution in [2.24, 2.45) is 0 Å². The first kappa shape index (κ1) is 13.0. The zero-order valence-corrected chi connectivity index (χ0v) is 12.3. The Balaban J connectivity index is 2.06. The smallest absolute Gasteiger partial charge is 0.262 e. The molecule has 0 aliphatic carbocycles. The molecule has 0 fully saturated rings. The van der Waals surface area contributed by atoms with Crippen molar-refractivity contribution in [3.63, 3.8) is 0 Å². The Labute approximate surface area is 119 Å². The van der Waals surface area contributed by atoms with Crippen LogP contribution in [-0.2, 0) is 13.0 Å². The number of nitrogens with zero attached hydrogens (tertiary/aromatic N) is 4. The fourth-order valence-corrected chi connectivity index (χ4v) is 3.01. The number of aryl methyl sites for hydroxylation is 3. The van der Waals surface area contributed by atoms with Gasteiger partial charge < -0.3 is 4.52 Å². The maximum atomic E-state index is 12.5. The molecule has 0 N–H and O–H groups in total. The van der Waals surface area contributed by atoms with Gasteiger partial charge in [0.05, 0.1) is 11.7 Å². The maximum Gasteiger partial charge on any atom is 0.262 e. The standard InChI is InChI=1S/C13H14N4O2S/c1-4-9-15-10(19-16-9)5-17-6-14-12-11(13(17)18)7(2)8(3)20-12/h6H,4-5H2,1-3H3. The van der Waals surface area contributed by atoms with Crippen LogP contribution in [0.1, 0.15) is 29.1 Å². The van der Waals surface area contributed by atoms with Crippen molar-refractivity contribution in [1.82, 2.24) is 19.7 Å². The normalized spacial score (nSPS) is 11.3. The summed E-state index contributed by atoms with van der Waals surface area (Å²) in [6.45, 7) is 6.15. The highest BCUT2D eigenvalue weighted by Gasteiger charge is 2.13. The summed E-state index contributed by atoms with van der Waals surface area (Å²) in [5, 5.41) is 4.51. The summed E-state index contributed by atoms with van der Waals surface area (Å²) < 4.78 is 6.62. The molecular weight excluding hydrogens is 276 g/mol. The molecule has 0 saturated carbocycles. The monoisotopic (exact) mass is 290 g/mol. The average molecular weight is 290 g/mol. The number of aromatic nitrogens is 4. The molecular formula is C13H14N4O2S. The van der Waals surface area contributed by atoms with E-state index in [0.717, 1.165) is 15.3 Å². The highest BCUT2D eigenvalue weighted by molar-refractivity contribution is 7.18.